The molecule has 0 aliphatic heterocycles. The minimum atomic E-state index is -0.476. The van der Waals surface area contributed by atoms with E-state index in [1.165, 1.54) is 11.9 Å². The second kappa shape index (κ2) is 7.82. The Bertz CT molecular complexity index is 971. The third kappa shape index (κ3) is 4.20. The van der Waals surface area contributed by atoms with Gasteiger partial charge in [0, 0.05) is 11.4 Å². The molecule has 1 aromatic heterocycles. The summed E-state index contributed by atoms with van der Waals surface area (Å²) < 4.78 is 0. The molecule has 1 heterocycles. The molecule has 2 aromatic carbocycles. The van der Waals surface area contributed by atoms with Gasteiger partial charge in [-0.25, -0.2) is 9.97 Å². The van der Waals surface area contributed by atoms with Crippen molar-refractivity contribution in [3.8, 4) is 0 Å². The molecule has 0 bridgehead atoms. The first-order chi connectivity index (χ1) is 13.0. The Morgan fingerprint density at radius 3 is 2.30 bits per heavy atom. The molecule has 7 heteroatoms. The number of aryl methyl sites for hydroxylation is 3. The van der Waals surface area contributed by atoms with Gasteiger partial charge in [-0.05, 0) is 55.2 Å². The van der Waals surface area contributed by atoms with Gasteiger partial charge in [0.1, 0.15) is 6.33 Å². The molecule has 2 N–H and O–H groups in total. The third-order valence-electron chi connectivity index (χ3n) is 4.28. The number of hydrogen-bond acceptors (Lipinski definition) is 6. The van der Waals surface area contributed by atoms with Gasteiger partial charge in [-0.1, -0.05) is 31.2 Å². The Balaban J connectivity index is 1.96. The van der Waals surface area contributed by atoms with Crippen LogP contribution in [0.25, 0.3) is 0 Å². The van der Waals surface area contributed by atoms with E-state index < -0.39 is 4.92 Å². The number of hydrogen-bond donors (Lipinski definition) is 2. The molecule has 0 amide bonds. The number of nitrogens with zero attached hydrogens (tertiary/aromatic N) is 3. The van der Waals surface area contributed by atoms with Gasteiger partial charge >= 0.3 is 5.69 Å². The van der Waals surface area contributed by atoms with Crippen molar-refractivity contribution in [1.29, 1.82) is 0 Å². The summed E-state index contributed by atoms with van der Waals surface area (Å²) in [4.78, 5) is 19.4. The monoisotopic (exact) mass is 363 g/mol. The van der Waals surface area contributed by atoms with Crippen LogP contribution in [-0.2, 0) is 6.42 Å². The first kappa shape index (κ1) is 18.3. The Labute approximate surface area is 157 Å². The first-order valence-electron chi connectivity index (χ1n) is 8.67. The Morgan fingerprint density at radius 1 is 1.00 bits per heavy atom. The predicted octanol–water partition coefficient (Wildman–Crippen LogP) is 5.05. The molecule has 7 nitrogen and oxygen atoms in total. The van der Waals surface area contributed by atoms with E-state index in [0.29, 0.717) is 0 Å². The van der Waals surface area contributed by atoms with Crippen molar-refractivity contribution in [3.63, 3.8) is 0 Å². The third-order valence-corrected chi connectivity index (χ3v) is 4.28. The summed E-state index contributed by atoms with van der Waals surface area (Å²) in [6.07, 6.45) is 2.24. The zero-order valence-corrected chi connectivity index (χ0v) is 15.5. The molecule has 3 aromatic rings. The van der Waals surface area contributed by atoms with Crippen molar-refractivity contribution < 1.29 is 4.92 Å². The summed E-state index contributed by atoms with van der Waals surface area (Å²) in [5, 5.41) is 17.8. The van der Waals surface area contributed by atoms with Gasteiger partial charge in [0.05, 0.1) is 4.92 Å². The highest BCUT2D eigenvalue weighted by molar-refractivity contribution is 5.77. The van der Waals surface area contributed by atoms with E-state index >= 15 is 0 Å². The normalized spacial score (nSPS) is 10.5. The fourth-order valence-corrected chi connectivity index (χ4v) is 2.69. The Kier molecular flexibility index (Phi) is 5.30. The maximum Gasteiger partial charge on any atom is 0.353 e. The lowest BCUT2D eigenvalue weighted by atomic mass is 10.1. The SMILES string of the molecule is CCc1ccc(Nc2ncnc(Nc3cc(C)ccc3C)c2[N+](=O)[O-])cc1. The Morgan fingerprint density at radius 2 is 1.67 bits per heavy atom. The van der Waals surface area contributed by atoms with Gasteiger partial charge in [-0.2, -0.15) is 0 Å². The quantitative estimate of drug-likeness (QED) is 0.470. The molecule has 0 atom stereocenters. The average molecular weight is 363 g/mol. The standard InChI is InChI=1S/C20H21N5O2/c1-4-15-7-9-16(10-8-15)23-19-18(25(26)27)20(22-12-21-19)24-17-11-13(2)5-6-14(17)3/h5-12H,4H2,1-3H3,(H2,21,22,23,24). The first-order valence-corrected chi connectivity index (χ1v) is 8.67. The summed E-state index contributed by atoms with van der Waals surface area (Å²) in [6, 6.07) is 13.6. The fourth-order valence-electron chi connectivity index (χ4n) is 2.69. The van der Waals surface area contributed by atoms with Crippen molar-refractivity contribution in [1.82, 2.24) is 9.97 Å². The van der Waals surface area contributed by atoms with Crippen LogP contribution in [0.3, 0.4) is 0 Å². The fraction of sp³-hybridized carbons (Fsp3) is 0.200. The highest BCUT2D eigenvalue weighted by Crippen LogP contribution is 2.33. The molecule has 0 radical (unpaired) electrons. The van der Waals surface area contributed by atoms with E-state index in [0.717, 1.165) is 28.9 Å². The van der Waals surface area contributed by atoms with Crippen molar-refractivity contribution in [3.05, 3.63) is 75.6 Å². The molecule has 0 saturated carbocycles. The molecule has 27 heavy (non-hydrogen) atoms. The molecule has 138 valence electrons. The minimum Gasteiger partial charge on any atom is -0.334 e. The maximum absolute atomic E-state index is 11.7. The molecule has 0 fully saturated rings. The van der Waals surface area contributed by atoms with Crippen molar-refractivity contribution in [2.45, 2.75) is 27.2 Å². The summed E-state index contributed by atoms with van der Waals surface area (Å²) in [5.41, 5.74) is 4.52. The number of aromatic nitrogens is 2. The van der Waals surface area contributed by atoms with E-state index in [2.05, 4.69) is 27.5 Å². The van der Waals surface area contributed by atoms with Crippen LogP contribution in [0.4, 0.5) is 28.7 Å². The highest BCUT2D eigenvalue weighted by atomic mass is 16.6. The van der Waals surface area contributed by atoms with Crippen LogP contribution >= 0.6 is 0 Å². The molecule has 0 spiro atoms. The van der Waals surface area contributed by atoms with E-state index in [-0.39, 0.29) is 17.3 Å². The highest BCUT2D eigenvalue weighted by Gasteiger charge is 2.23. The van der Waals surface area contributed by atoms with Crippen LogP contribution in [-0.4, -0.2) is 14.9 Å². The predicted molar refractivity (Wildman–Crippen MR) is 107 cm³/mol. The summed E-state index contributed by atoms with van der Waals surface area (Å²) in [6.45, 7) is 5.97. The van der Waals surface area contributed by atoms with E-state index in [1.54, 1.807) is 0 Å². The van der Waals surface area contributed by atoms with E-state index in [1.807, 2.05) is 56.3 Å². The topological polar surface area (TPSA) is 93.0 Å². The lowest BCUT2D eigenvalue weighted by Gasteiger charge is -2.12. The summed E-state index contributed by atoms with van der Waals surface area (Å²) >= 11 is 0. The van der Waals surface area contributed by atoms with Crippen LogP contribution in [0.1, 0.15) is 23.6 Å². The largest absolute Gasteiger partial charge is 0.353 e. The number of anilines is 4. The van der Waals surface area contributed by atoms with Gasteiger partial charge in [0.25, 0.3) is 0 Å². The maximum atomic E-state index is 11.7. The summed E-state index contributed by atoms with van der Waals surface area (Å²) in [5.74, 6) is 0.295. The molecular weight excluding hydrogens is 342 g/mol. The lowest BCUT2D eigenvalue weighted by molar-refractivity contribution is -0.383. The number of nitrogens with one attached hydrogen (secondary N) is 2. The average Bonchev–Trinajstić information content (AvgIpc) is 2.65. The summed E-state index contributed by atoms with van der Waals surface area (Å²) in [7, 11) is 0. The van der Waals surface area contributed by atoms with E-state index in [9.17, 15) is 10.1 Å². The van der Waals surface area contributed by atoms with Gasteiger partial charge < -0.3 is 10.6 Å². The molecule has 0 aliphatic rings. The van der Waals surface area contributed by atoms with Crippen molar-refractivity contribution >= 4 is 28.7 Å². The lowest BCUT2D eigenvalue weighted by Crippen LogP contribution is -2.06. The van der Waals surface area contributed by atoms with Crippen LogP contribution in [0.5, 0.6) is 0 Å². The van der Waals surface area contributed by atoms with Crippen LogP contribution in [0.15, 0.2) is 48.8 Å². The zero-order chi connectivity index (χ0) is 19.4. The zero-order valence-electron chi connectivity index (χ0n) is 15.5. The van der Waals surface area contributed by atoms with Gasteiger partial charge in [0.2, 0.25) is 11.6 Å². The van der Waals surface area contributed by atoms with Crippen LogP contribution < -0.4 is 10.6 Å². The van der Waals surface area contributed by atoms with Crippen molar-refractivity contribution in [2.24, 2.45) is 0 Å². The van der Waals surface area contributed by atoms with Crippen molar-refractivity contribution in [2.75, 3.05) is 10.6 Å². The van der Waals surface area contributed by atoms with Gasteiger partial charge in [0.15, 0.2) is 0 Å². The van der Waals surface area contributed by atoms with E-state index in [4.69, 9.17) is 0 Å². The molecule has 0 aliphatic carbocycles. The molecule has 0 unspecified atom stereocenters. The second-order valence-corrected chi connectivity index (χ2v) is 6.30. The van der Waals surface area contributed by atoms with Gasteiger partial charge in [-0.3, -0.25) is 10.1 Å². The van der Waals surface area contributed by atoms with Gasteiger partial charge in [-0.15, -0.1) is 0 Å². The molecule has 0 saturated heterocycles. The smallest absolute Gasteiger partial charge is 0.334 e. The molecular formula is C20H21N5O2. The second-order valence-electron chi connectivity index (χ2n) is 6.30. The van der Waals surface area contributed by atoms with Crippen LogP contribution in [0.2, 0.25) is 0 Å². The Hall–Kier alpha value is -3.48. The molecule has 3 rings (SSSR count). The number of benzene rings is 2. The minimum absolute atomic E-state index is 0.145. The number of nitro groups is 1. The van der Waals surface area contributed by atoms with Crippen LogP contribution in [0, 0.1) is 24.0 Å². The number of rotatable bonds is 6.